The van der Waals surface area contributed by atoms with E-state index in [1.807, 2.05) is 55.3 Å². The number of ether oxygens (including phenoxy) is 1. The number of thioether (sulfide) groups is 2. The smallest absolute Gasteiger partial charge is 0.329 e. The Hall–Kier alpha value is -4.19. The van der Waals surface area contributed by atoms with Crippen molar-refractivity contribution in [3.05, 3.63) is 136 Å². The van der Waals surface area contributed by atoms with Crippen LogP contribution in [0.2, 0.25) is 0 Å². The third-order valence-electron chi connectivity index (χ3n) is 9.12. The molecule has 6 rings (SSSR count). The lowest BCUT2D eigenvalue weighted by Crippen LogP contribution is -2.53. The lowest BCUT2D eigenvalue weighted by molar-refractivity contribution is -0.153. The Labute approximate surface area is 318 Å². The van der Waals surface area contributed by atoms with E-state index in [1.165, 1.54) is 39.8 Å². The number of allylic oxidation sites excluding steroid dienone is 1. The Balaban J connectivity index is 1.18. The van der Waals surface area contributed by atoms with Crippen molar-refractivity contribution in [2.45, 2.75) is 69.0 Å². The summed E-state index contributed by atoms with van der Waals surface area (Å²) in [5.74, 6) is -0.129. The van der Waals surface area contributed by atoms with Gasteiger partial charge in [0.25, 0.3) is 0 Å². The number of carbonyl (C=O) groups is 3. The van der Waals surface area contributed by atoms with E-state index in [0.29, 0.717) is 16.5 Å². The van der Waals surface area contributed by atoms with Gasteiger partial charge in [-0.3, -0.25) is 14.6 Å². The summed E-state index contributed by atoms with van der Waals surface area (Å²) >= 11 is 4.79. The minimum atomic E-state index is -1.04. The van der Waals surface area contributed by atoms with Crippen molar-refractivity contribution in [3.8, 4) is 0 Å². The van der Waals surface area contributed by atoms with Crippen LogP contribution in [0.4, 0.5) is 0 Å². The lowest BCUT2D eigenvalue weighted by atomic mass is 9.84. The highest BCUT2D eigenvalue weighted by atomic mass is 32.2. The molecule has 0 aliphatic carbocycles. The number of fused-ring (bicyclic) bond motifs is 4. The molecule has 3 aromatic carbocycles. The van der Waals surface area contributed by atoms with Crippen LogP contribution in [-0.4, -0.2) is 57.0 Å². The molecule has 1 unspecified atom stereocenters. The quantitative estimate of drug-likeness (QED) is 0.0747. The molecular formula is C41H44N4O4S3. The van der Waals surface area contributed by atoms with Crippen molar-refractivity contribution >= 4 is 57.7 Å². The molecule has 270 valence electrons. The second kappa shape index (κ2) is 17.1. The maximum absolute atomic E-state index is 13.6. The fourth-order valence-electron chi connectivity index (χ4n) is 6.27. The molecular weight excluding hydrogens is 709 g/mol. The highest BCUT2D eigenvalue weighted by Crippen LogP contribution is 2.48. The van der Waals surface area contributed by atoms with E-state index in [0.717, 1.165) is 23.6 Å². The van der Waals surface area contributed by atoms with Gasteiger partial charge in [0.15, 0.2) is 0 Å². The largest absolute Gasteiger partial charge is 0.456 e. The van der Waals surface area contributed by atoms with Gasteiger partial charge >= 0.3 is 5.97 Å². The Morgan fingerprint density at radius 2 is 1.58 bits per heavy atom. The molecule has 4 bridgehead atoms. The first kappa shape index (κ1) is 37.6. The summed E-state index contributed by atoms with van der Waals surface area (Å²) in [4.78, 5) is 49.6. The molecule has 2 aliphatic heterocycles. The van der Waals surface area contributed by atoms with E-state index in [-0.39, 0.29) is 30.7 Å². The van der Waals surface area contributed by atoms with Crippen molar-refractivity contribution < 1.29 is 19.1 Å². The lowest BCUT2D eigenvalue weighted by Gasteiger charge is -2.35. The number of thiazole rings is 1. The van der Waals surface area contributed by atoms with Gasteiger partial charge in [-0.2, -0.15) is 0 Å². The van der Waals surface area contributed by atoms with Crippen LogP contribution in [-0.2, 0) is 30.4 Å². The molecule has 11 heteroatoms. The van der Waals surface area contributed by atoms with Crippen molar-refractivity contribution in [3.63, 3.8) is 0 Å². The number of hydrogen-bond donors (Lipinski definition) is 2. The zero-order chi connectivity index (χ0) is 36.6. The van der Waals surface area contributed by atoms with Gasteiger partial charge in [0.1, 0.15) is 33.4 Å². The zero-order valence-corrected chi connectivity index (χ0v) is 32.1. The van der Waals surface area contributed by atoms with Crippen LogP contribution in [0.15, 0.2) is 114 Å². The second-order valence-electron chi connectivity index (χ2n) is 13.5. The topological polar surface area (TPSA) is 110 Å². The van der Waals surface area contributed by atoms with Gasteiger partial charge in [-0.15, -0.1) is 34.9 Å². The maximum atomic E-state index is 13.6. The van der Waals surface area contributed by atoms with E-state index in [2.05, 4.69) is 88.4 Å². The molecule has 2 N–H and O–H groups in total. The maximum Gasteiger partial charge on any atom is 0.329 e. The van der Waals surface area contributed by atoms with Crippen molar-refractivity contribution in [1.29, 1.82) is 0 Å². The summed E-state index contributed by atoms with van der Waals surface area (Å²) in [6.45, 7) is 5.74. The first-order valence-electron chi connectivity index (χ1n) is 17.6. The first-order chi connectivity index (χ1) is 25.2. The van der Waals surface area contributed by atoms with Crippen molar-refractivity contribution in [2.24, 2.45) is 10.9 Å². The van der Waals surface area contributed by atoms with Gasteiger partial charge in [-0.1, -0.05) is 111 Å². The number of aromatic nitrogens is 1. The number of benzene rings is 3. The van der Waals surface area contributed by atoms with E-state index in [1.54, 1.807) is 13.0 Å². The number of amides is 2. The number of nitrogens with one attached hydrogen (secondary N) is 2. The predicted octanol–water partition coefficient (Wildman–Crippen LogP) is 7.53. The third-order valence-corrected chi connectivity index (χ3v) is 12.9. The zero-order valence-electron chi connectivity index (χ0n) is 29.6. The van der Waals surface area contributed by atoms with E-state index >= 15 is 0 Å². The molecule has 0 saturated heterocycles. The van der Waals surface area contributed by atoms with Crippen LogP contribution in [0.5, 0.6) is 0 Å². The van der Waals surface area contributed by atoms with Gasteiger partial charge in [0.2, 0.25) is 11.8 Å². The molecule has 0 spiro atoms. The normalized spacial score (nSPS) is 21.5. The van der Waals surface area contributed by atoms with Crippen LogP contribution in [0.1, 0.15) is 67.4 Å². The van der Waals surface area contributed by atoms with E-state index in [9.17, 15) is 14.4 Å². The summed E-state index contributed by atoms with van der Waals surface area (Å²) in [7, 11) is 0. The minimum Gasteiger partial charge on any atom is -0.456 e. The standard InChI is InChI=1S/C41H44N4O4S3/c1-28(2)36-38(47)49-32(24-34(46)42-25-35-43-33(26-50-35)37-45-40(3,27-51-37)39(48)44-36)22-14-7-15-23-52-41(29-16-8-4-9-17-29,30-18-10-5-11-19-30)31-20-12-6-13-21-31/h4-6,8-14,16-22,26,28,32,36H,7,15,23-25,27H2,1-3H3,(H,42,46)(H,44,48)/b22-14+/t32-,36?,40+/m1/s1. The molecule has 0 radical (unpaired) electrons. The Kier molecular flexibility index (Phi) is 12.3. The van der Waals surface area contributed by atoms with E-state index < -0.39 is 28.4 Å². The van der Waals surface area contributed by atoms with Gasteiger partial charge in [-0.05, 0) is 54.2 Å². The van der Waals surface area contributed by atoms with Crippen molar-refractivity contribution in [2.75, 3.05) is 11.5 Å². The van der Waals surface area contributed by atoms with Crippen LogP contribution < -0.4 is 10.6 Å². The average molecular weight is 753 g/mol. The summed E-state index contributed by atoms with van der Waals surface area (Å²) in [6.07, 6.45) is 4.52. The minimum absolute atomic E-state index is 0.0482. The summed E-state index contributed by atoms with van der Waals surface area (Å²) < 4.78 is 5.56. The third kappa shape index (κ3) is 8.70. The fraction of sp³-hybridized carbons (Fsp3) is 0.341. The molecule has 3 atom stereocenters. The molecule has 0 saturated carbocycles. The highest BCUT2D eigenvalue weighted by molar-refractivity contribution is 8.14. The first-order valence-corrected chi connectivity index (χ1v) is 20.5. The molecule has 52 heavy (non-hydrogen) atoms. The number of hydrogen-bond acceptors (Lipinski definition) is 9. The summed E-state index contributed by atoms with van der Waals surface area (Å²) in [6, 6.07) is 31.0. The van der Waals surface area contributed by atoms with Crippen LogP contribution in [0, 0.1) is 5.92 Å². The Morgan fingerprint density at radius 3 is 2.17 bits per heavy atom. The second-order valence-corrected chi connectivity index (χ2v) is 16.7. The Morgan fingerprint density at radius 1 is 0.962 bits per heavy atom. The number of carbonyl (C=O) groups excluding carboxylic acids is 3. The van der Waals surface area contributed by atoms with Gasteiger partial charge in [0, 0.05) is 11.1 Å². The van der Waals surface area contributed by atoms with Crippen LogP contribution >= 0.6 is 34.9 Å². The molecule has 3 heterocycles. The summed E-state index contributed by atoms with van der Waals surface area (Å²) in [5.41, 5.74) is 3.29. The summed E-state index contributed by atoms with van der Waals surface area (Å²) in [5, 5.41) is 9.15. The number of cyclic esters (lactones) is 1. The number of rotatable bonds is 10. The monoisotopic (exact) mass is 752 g/mol. The molecule has 0 fully saturated rings. The Bertz CT molecular complexity index is 1800. The highest BCUT2D eigenvalue weighted by Gasteiger charge is 2.42. The number of nitrogens with zero attached hydrogens (tertiary/aromatic N) is 2. The van der Waals surface area contributed by atoms with Gasteiger partial charge < -0.3 is 15.4 Å². The fourth-order valence-corrected chi connectivity index (χ4v) is 9.72. The van der Waals surface area contributed by atoms with E-state index in [4.69, 9.17) is 9.73 Å². The molecule has 4 aromatic rings. The van der Waals surface area contributed by atoms with Crippen molar-refractivity contribution in [1.82, 2.24) is 15.6 Å². The predicted molar refractivity (Wildman–Crippen MR) is 213 cm³/mol. The van der Waals surface area contributed by atoms with Crippen LogP contribution in [0.25, 0.3) is 0 Å². The van der Waals surface area contributed by atoms with Gasteiger partial charge in [0.05, 0.1) is 17.7 Å². The molecule has 8 nitrogen and oxygen atoms in total. The SMILES string of the molecule is CC(C)C1NC(=O)[C@]2(C)CSC(=N2)c2csc(n2)CNC(=O)C[C@@H](/C=C/CCCSC(c2ccccc2)(c2ccccc2)c2ccccc2)OC1=O. The molecule has 2 aliphatic rings. The molecule has 1 aromatic heterocycles. The molecule has 2 amide bonds. The number of unbranched alkanes of at least 4 members (excludes halogenated alkanes) is 1. The van der Waals surface area contributed by atoms with Gasteiger partial charge in [-0.25, -0.2) is 9.78 Å². The van der Waals surface area contributed by atoms with Crippen LogP contribution in [0.3, 0.4) is 0 Å². The number of aliphatic imine (C=N–C) groups is 1. The average Bonchev–Trinajstić information content (AvgIpc) is 3.81. The number of esters is 1.